The van der Waals surface area contributed by atoms with Crippen molar-refractivity contribution in [2.45, 2.75) is 30.6 Å². The number of aromatic hydroxyl groups is 2. The second-order valence-corrected chi connectivity index (χ2v) is 14.7. The zero-order chi connectivity index (χ0) is 34.7. The van der Waals surface area contributed by atoms with Crippen molar-refractivity contribution in [1.82, 2.24) is 4.90 Å². The first-order valence-corrected chi connectivity index (χ1v) is 17.7. The van der Waals surface area contributed by atoms with Gasteiger partial charge >= 0.3 is 0 Å². The van der Waals surface area contributed by atoms with Gasteiger partial charge in [0.25, 0.3) is 0 Å². The highest BCUT2D eigenvalue weighted by molar-refractivity contribution is 9.10. The molecule has 4 aliphatic rings. The number of benzene rings is 4. The van der Waals surface area contributed by atoms with Crippen LogP contribution in [0.1, 0.15) is 41.0 Å². The van der Waals surface area contributed by atoms with Crippen LogP contribution < -0.4 is 0 Å². The van der Waals surface area contributed by atoms with Crippen molar-refractivity contribution in [1.29, 1.82) is 0 Å². The lowest BCUT2D eigenvalue weighted by Crippen LogP contribution is -2.58. The fourth-order valence-corrected chi connectivity index (χ4v) is 9.54. The molecule has 3 aliphatic carbocycles. The number of fused-ring (bicyclic) bond motifs is 4. The minimum atomic E-state index is -1.41. The molecule has 2 N–H and O–H groups in total. The van der Waals surface area contributed by atoms with Crippen LogP contribution in [-0.2, 0) is 31.0 Å². The Hall–Kier alpha value is -5.08. The molecule has 250 valence electrons. The quantitative estimate of drug-likeness (QED) is 0.165. The lowest BCUT2D eigenvalue weighted by molar-refractivity contribution is -0.140. The van der Waals surface area contributed by atoms with Crippen LogP contribution >= 0.6 is 15.9 Å². The number of rotatable bonds is 6. The van der Waals surface area contributed by atoms with Gasteiger partial charge in [0.05, 0.1) is 17.3 Å². The van der Waals surface area contributed by atoms with Gasteiger partial charge in [-0.05, 0) is 78.3 Å². The number of imide groups is 1. The zero-order valence-corrected chi connectivity index (χ0v) is 28.6. The maximum atomic E-state index is 15.1. The number of phenols is 2. The van der Waals surface area contributed by atoms with E-state index in [0.717, 1.165) is 11.1 Å². The lowest BCUT2D eigenvalue weighted by Gasteiger charge is -2.55. The molecule has 8 rings (SSSR count). The molecule has 0 radical (unpaired) electrons. The van der Waals surface area contributed by atoms with Crippen LogP contribution in [0.25, 0.3) is 5.57 Å². The molecule has 4 aromatic carbocycles. The summed E-state index contributed by atoms with van der Waals surface area (Å²) in [4.78, 5) is 59.7. The molecule has 1 aliphatic heterocycles. The van der Waals surface area contributed by atoms with Gasteiger partial charge in [0.1, 0.15) is 11.5 Å². The number of phenolic OH excluding ortho intramolecular Hbond substituents is 2. The maximum absolute atomic E-state index is 15.1. The highest BCUT2D eigenvalue weighted by Crippen LogP contribution is 2.64. The minimum absolute atomic E-state index is 0.0154. The van der Waals surface area contributed by atoms with E-state index in [1.54, 1.807) is 42.5 Å². The molecule has 0 aromatic heterocycles. The minimum Gasteiger partial charge on any atom is -0.508 e. The molecule has 6 unspecified atom stereocenters. The summed E-state index contributed by atoms with van der Waals surface area (Å²) in [6.45, 7) is 0.197. The number of carbonyl (C=O) groups is 4. The highest BCUT2D eigenvalue weighted by Gasteiger charge is 2.66. The molecule has 50 heavy (non-hydrogen) atoms. The number of hydrogen-bond acceptors (Lipinski definition) is 6. The Kier molecular flexibility index (Phi) is 7.94. The third kappa shape index (κ3) is 4.91. The number of halogens is 1. The van der Waals surface area contributed by atoms with E-state index in [-0.39, 0.29) is 47.8 Å². The Morgan fingerprint density at radius 2 is 1.50 bits per heavy atom. The molecule has 2 fully saturated rings. The van der Waals surface area contributed by atoms with Crippen molar-refractivity contribution in [2.24, 2.45) is 23.7 Å². The summed E-state index contributed by atoms with van der Waals surface area (Å²) in [6.07, 6.45) is 4.43. The Morgan fingerprint density at radius 3 is 2.22 bits per heavy atom. The van der Waals surface area contributed by atoms with Crippen LogP contribution in [0.3, 0.4) is 0 Å². The normalized spacial score (nSPS) is 27.3. The van der Waals surface area contributed by atoms with Crippen LogP contribution in [0, 0.1) is 23.7 Å². The van der Waals surface area contributed by atoms with Gasteiger partial charge in [-0.25, -0.2) is 0 Å². The first-order chi connectivity index (χ1) is 24.2. The molecule has 4 aromatic rings. The number of nitrogens with zero attached hydrogens (tertiary/aromatic N) is 1. The Morgan fingerprint density at radius 1 is 0.800 bits per heavy atom. The molecule has 1 saturated heterocycles. The third-order valence-corrected chi connectivity index (χ3v) is 11.8. The summed E-state index contributed by atoms with van der Waals surface area (Å²) in [7, 11) is 0. The van der Waals surface area contributed by atoms with Crippen molar-refractivity contribution >= 4 is 44.9 Å². The maximum Gasteiger partial charge on any atom is 0.233 e. The number of allylic oxidation sites excluding steroid dienone is 4. The summed E-state index contributed by atoms with van der Waals surface area (Å²) in [5.41, 5.74) is 2.41. The second kappa shape index (κ2) is 12.4. The van der Waals surface area contributed by atoms with Crippen LogP contribution in [0.15, 0.2) is 125 Å². The van der Waals surface area contributed by atoms with Crippen molar-refractivity contribution < 1.29 is 29.4 Å². The van der Waals surface area contributed by atoms with E-state index >= 15 is 4.79 Å². The smallest absolute Gasteiger partial charge is 0.233 e. The Labute approximate surface area is 298 Å². The summed E-state index contributed by atoms with van der Waals surface area (Å²) >= 11 is 3.58. The van der Waals surface area contributed by atoms with E-state index in [0.29, 0.717) is 39.6 Å². The Bertz CT molecular complexity index is 2110. The number of ketones is 2. The van der Waals surface area contributed by atoms with Crippen molar-refractivity contribution in [3.63, 3.8) is 0 Å². The van der Waals surface area contributed by atoms with E-state index in [1.165, 1.54) is 11.0 Å². The Balaban J connectivity index is 1.29. The molecular formula is C42H34BrNO6. The van der Waals surface area contributed by atoms with Gasteiger partial charge in [-0.3, -0.25) is 24.1 Å². The summed E-state index contributed by atoms with van der Waals surface area (Å²) in [6, 6.07) is 30.3. The average molecular weight is 729 g/mol. The molecule has 2 amide bonds. The van der Waals surface area contributed by atoms with Crippen LogP contribution in [0.4, 0.5) is 0 Å². The number of likely N-dealkylation sites (tertiary alicyclic amines) is 1. The SMILES string of the molecule is O=C1C(c2ccccc2)=CC(=O)C2(c3ccccc3)C1CC1C(=CCC3C(=O)N(CCc4ccc(O)cc4)C(=O)C31)C2c1cc(Br)ccc1O. The first kappa shape index (κ1) is 32.1. The summed E-state index contributed by atoms with van der Waals surface area (Å²) in [5.74, 6) is -4.27. The van der Waals surface area contributed by atoms with Crippen LogP contribution in [-0.4, -0.2) is 45.0 Å². The van der Waals surface area contributed by atoms with E-state index in [1.807, 2.05) is 66.7 Å². The van der Waals surface area contributed by atoms with Gasteiger partial charge in [0, 0.05) is 34.0 Å². The topological polar surface area (TPSA) is 112 Å². The third-order valence-electron chi connectivity index (χ3n) is 11.3. The second-order valence-electron chi connectivity index (χ2n) is 13.7. The number of Topliss-reactive ketones (excluding diaryl/α,β-unsaturated/α-hetero) is 1. The average Bonchev–Trinajstić information content (AvgIpc) is 3.38. The highest BCUT2D eigenvalue weighted by atomic mass is 79.9. The van der Waals surface area contributed by atoms with Gasteiger partial charge in [-0.1, -0.05) is 100 Å². The number of hydrogen-bond donors (Lipinski definition) is 2. The predicted octanol–water partition coefficient (Wildman–Crippen LogP) is 6.93. The predicted molar refractivity (Wildman–Crippen MR) is 191 cm³/mol. The van der Waals surface area contributed by atoms with Gasteiger partial charge in [-0.15, -0.1) is 0 Å². The summed E-state index contributed by atoms with van der Waals surface area (Å²) < 4.78 is 0.698. The van der Waals surface area contributed by atoms with E-state index in [9.17, 15) is 24.6 Å². The summed E-state index contributed by atoms with van der Waals surface area (Å²) in [5, 5.41) is 21.2. The molecule has 6 atom stereocenters. The van der Waals surface area contributed by atoms with E-state index < -0.39 is 35.0 Å². The van der Waals surface area contributed by atoms with Crippen LogP contribution in [0.2, 0.25) is 0 Å². The van der Waals surface area contributed by atoms with Crippen LogP contribution in [0.5, 0.6) is 11.5 Å². The number of carbonyl (C=O) groups excluding carboxylic acids is 4. The van der Waals surface area contributed by atoms with Gasteiger partial charge in [-0.2, -0.15) is 0 Å². The fourth-order valence-electron chi connectivity index (χ4n) is 9.16. The molecule has 1 heterocycles. The van der Waals surface area contributed by atoms with Gasteiger partial charge in [0.2, 0.25) is 11.8 Å². The largest absolute Gasteiger partial charge is 0.508 e. The van der Waals surface area contributed by atoms with E-state index in [4.69, 9.17) is 0 Å². The zero-order valence-electron chi connectivity index (χ0n) is 27.0. The molecule has 8 heteroatoms. The number of amides is 2. The van der Waals surface area contributed by atoms with E-state index in [2.05, 4.69) is 15.9 Å². The van der Waals surface area contributed by atoms with Crippen molar-refractivity contribution in [3.8, 4) is 11.5 Å². The molecule has 7 nitrogen and oxygen atoms in total. The van der Waals surface area contributed by atoms with Gasteiger partial charge < -0.3 is 10.2 Å². The lowest BCUT2D eigenvalue weighted by atomic mass is 9.44. The fraction of sp³-hybridized carbons (Fsp3) is 0.238. The monoisotopic (exact) mass is 727 g/mol. The van der Waals surface area contributed by atoms with Crippen molar-refractivity contribution in [2.75, 3.05) is 6.54 Å². The molecule has 0 bridgehead atoms. The van der Waals surface area contributed by atoms with Gasteiger partial charge in [0.15, 0.2) is 11.6 Å². The first-order valence-electron chi connectivity index (χ1n) is 16.9. The molecule has 1 saturated carbocycles. The van der Waals surface area contributed by atoms with Crippen molar-refractivity contribution in [3.05, 3.63) is 148 Å². The standard InChI is InChI=1S/C42H34BrNO6/c43-27-13-18-35(46)33(21-27)38-29-16-17-30-37(41(50)44(40(30)49)20-19-24-11-14-28(45)15-12-24)32(29)22-34-39(48)31(25-7-3-1-4-8-25)23-36(47)42(34,38)26-9-5-2-6-10-26/h1-16,18,21,23,30,32,34,37-38,45-46H,17,19-20,22H2. The molecule has 0 spiro atoms. The molecular weight excluding hydrogens is 694 g/mol.